The molecule has 20 heavy (non-hydrogen) atoms. The van der Waals surface area contributed by atoms with Gasteiger partial charge in [0.25, 0.3) is 5.91 Å². The van der Waals surface area contributed by atoms with Crippen molar-refractivity contribution in [3.05, 3.63) is 29.6 Å². The maximum atomic E-state index is 14.0. The van der Waals surface area contributed by atoms with Crippen LogP contribution in [0.25, 0.3) is 0 Å². The third kappa shape index (κ3) is 2.88. The Balaban J connectivity index is 2.30. The first-order chi connectivity index (χ1) is 9.58. The molecule has 0 N–H and O–H groups in total. The molecule has 2 atom stereocenters. The Kier molecular flexibility index (Phi) is 4.83. The SMILES string of the molecule is COc1cccc(F)c1C(=O)N1CC(CCl)OCC1C. The quantitative estimate of drug-likeness (QED) is 0.804. The van der Waals surface area contributed by atoms with Gasteiger partial charge in [-0.25, -0.2) is 4.39 Å². The maximum absolute atomic E-state index is 14.0. The average molecular weight is 302 g/mol. The Labute approximate surface area is 122 Å². The number of ether oxygens (including phenoxy) is 2. The summed E-state index contributed by atoms with van der Waals surface area (Å²) in [4.78, 5) is 14.2. The summed E-state index contributed by atoms with van der Waals surface area (Å²) < 4.78 is 24.5. The maximum Gasteiger partial charge on any atom is 0.261 e. The Bertz CT molecular complexity index is 497. The van der Waals surface area contributed by atoms with Gasteiger partial charge in [-0.05, 0) is 19.1 Å². The van der Waals surface area contributed by atoms with Gasteiger partial charge in [0.15, 0.2) is 0 Å². The van der Waals surface area contributed by atoms with E-state index >= 15 is 0 Å². The standard InChI is InChI=1S/C14H17ClFNO3/c1-9-8-20-10(6-15)7-17(9)14(18)13-11(16)4-3-5-12(13)19-2/h3-5,9-10H,6-8H2,1-2H3. The normalized spacial score (nSPS) is 22.7. The second kappa shape index (κ2) is 6.41. The van der Waals surface area contributed by atoms with Gasteiger partial charge >= 0.3 is 0 Å². The Morgan fingerprint density at radius 1 is 1.60 bits per heavy atom. The van der Waals surface area contributed by atoms with Gasteiger partial charge in [0, 0.05) is 6.54 Å². The molecule has 1 saturated heterocycles. The second-order valence-electron chi connectivity index (χ2n) is 4.73. The van der Waals surface area contributed by atoms with Gasteiger partial charge in [-0.1, -0.05) is 6.07 Å². The van der Waals surface area contributed by atoms with Crippen LogP contribution in [0.4, 0.5) is 4.39 Å². The van der Waals surface area contributed by atoms with Crippen LogP contribution < -0.4 is 4.74 Å². The van der Waals surface area contributed by atoms with Crippen molar-refractivity contribution in [1.29, 1.82) is 0 Å². The lowest BCUT2D eigenvalue weighted by Crippen LogP contribution is -2.51. The highest BCUT2D eigenvalue weighted by Crippen LogP contribution is 2.25. The number of carbonyl (C=O) groups excluding carboxylic acids is 1. The van der Waals surface area contributed by atoms with E-state index in [4.69, 9.17) is 21.1 Å². The number of halogens is 2. The molecule has 1 heterocycles. The van der Waals surface area contributed by atoms with E-state index in [-0.39, 0.29) is 23.5 Å². The first kappa shape index (κ1) is 15.1. The largest absolute Gasteiger partial charge is 0.496 e. The highest BCUT2D eigenvalue weighted by atomic mass is 35.5. The number of amides is 1. The highest BCUT2D eigenvalue weighted by Gasteiger charge is 2.32. The zero-order chi connectivity index (χ0) is 14.7. The van der Waals surface area contributed by atoms with Crippen LogP contribution in [-0.2, 0) is 4.74 Å². The zero-order valence-electron chi connectivity index (χ0n) is 11.4. The van der Waals surface area contributed by atoms with Crippen molar-refractivity contribution in [2.45, 2.75) is 19.1 Å². The van der Waals surface area contributed by atoms with Crippen LogP contribution in [0.15, 0.2) is 18.2 Å². The highest BCUT2D eigenvalue weighted by molar-refractivity contribution is 6.18. The fourth-order valence-corrected chi connectivity index (χ4v) is 2.41. The van der Waals surface area contributed by atoms with E-state index in [9.17, 15) is 9.18 Å². The lowest BCUT2D eigenvalue weighted by Gasteiger charge is -2.37. The molecule has 1 amide bonds. The Morgan fingerprint density at radius 3 is 3.00 bits per heavy atom. The summed E-state index contributed by atoms with van der Waals surface area (Å²) in [5.74, 6) is -0.456. The minimum absolute atomic E-state index is 0.0444. The molecule has 2 rings (SSSR count). The fourth-order valence-electron chi connectivity index (χ4n) is 2.22. The van der Waals surface area contributed by atoms with E-state index in [1.54, 1.807) is 11.0 Å². The monoisotopic (exact) mass is 301 g/mol. The number of rotatable bonds is 3. The predicted octanol–water partition coefficient (Wildman–Crippen LogP) is 2.30. The zero-order valence-corrected chi connectivity index (χ0v) is 12.2. The number of benzene rings is 1. The van der Waals surface area contributed by atoms with Crippen molar-refractivity contribution in [1.82, 2.24) is 4.90 Å². The van der Waals surface area contributed by atoms with E-state index < -0.39 is 11.7 Å². The second-order valence-corrected chi connectivity index (χ2v) is 5.04. The number of nitrogens with zero attached hydrogens (tertiary/aromatic N) is 1. The van der Waals surface area contributed by atoms with Crippen molar-refractivity contribution in [3.63, 3.8) is 0 Å². The molecule has 1 aromatic carbocycles. The van der Waals surface area contributed by atoms with E-state index in [0.717, 1.165) is 0 Å². The van der Waals surface area contributed by atoms with Crippen molar-refractivity contribution < 1.29 is 18.7 Å². The predicted molar refractivity (Wildman–Crippen MR) is 73.9 cm³/mol. The topological polar surface area (TPSA) is 38.8 Å². The smallest absolute Gasteiger partial charge is 0.261 e. The van der Waals surface area contributed by atoms with E-state index in [2.05, 4.69) is 0 Å². The lowest BCUT2D eigenvalue weighted by atomic mass is 10.1. The van der Waals surface area contributed by atoms with Gasteiger partial charge in [-0.15, -0.1) is 11.6 Å². The van der Waals surface area contributed by atoms with E-state index in [1.165, 1.54) is 19.2 Å². The molecular formula is C14H17ClFNO3. The number of hydrogen-bond acceptors (Lipinski definition) is 3. The fraction of sp³-hybridized carbons (Fsp3) is 0.500. The third-order valence-electron chi connectivity index (χ3n) is 3.35. The molecule has 6 heteroatoms. The molecular weight excluding hydrogens is 285 g/mol. The molecule has 0 aliphatic carbocycles. The summed E-state index contributed by atoms with van der Waals surface area (Å²) in [6, 6.07) is 4.20. The number of carbonyl (C=O) groups is 1. The van der Waals surface area contributed by atoms with Gasteiger partial charge in [0.2, 0.25) is 0 Å². The first-order valence-electron chi connectivity index (χ1n) is 6.39. The third-order valence-corrected chi connectivity index (χ3v) is 3.69. The van der Waals surface area contributed by atoms with Crippen LogP contribution in [0.5, 0.6) is 5.75 Å². The van der Waals surface area contributed by atoms with Crippen molar-refractivity contribution in [2.24, 2.45) is 0 Å². The number of hydrogen-bond donors (Lipinski definition) is 0. The summed E-state index contributed by atoms with van der Waals surface area (Å²) >= 11 is 5.77. The van der Waals surface area contributed by atoms with Crippen LogP contribution in [-0.4, -0.2) is 49.1 Å². The number of methoxy groups -OCH3 is 1. The van der Waals surface area contributed by atoms with Crippen LogP contribution in [0.3, 0.4) is 0 Å². The molecule has 0 radical (unpaired) electrons. The van der Waals surface area contributed by atoms with E-state index in [0.29, 0.717) is 19.0 Å². The summed E-state index contributed by atoms with van der Waals surface area (Å²) in [5.41, 5.74) is -0.0444. The van der Waals surface area contributed by atoms with Crippen molar-refractivity contribution in [2.75, 3.05) is 26.1 Å². The van der Waals surface area contributed by atoms with E-state index in [1.807, 2.05) is 6.92 Å². The number of morpholine rings is 1. The van der Waals surface area contributed by atoms with Crippen LogP contribution in [0, 0.1) is 5.82 Å². The summed E-state index contributed by atoms with van der Waals surface area (Å²) in [6.07, 6.45) is -0.227. The summed E-state index contributed by atoms with van der Waals surface area (Å²) in [5, 5.41) is 0. The van der Waals surface area contributed by atoms with Crippen LogP contribution in [0.1, 0.15) is 17.3 Å². The molecule has 1 aliphatic rings. The molecule has 2 unspecified atom stereocenters. The minimum atomic E-state index is -0.588. The molecule has 0 saturated carbocycles. The van der Waals surface area contributed by atoms with Gasteiger partial charge < -0.3 is 14.4 Å². The van der Waals surface area contributed by atoms with Gasteiger partial charge in [-0.3, -0.25) is 4.79 Å². The van der Waals surface area contributed by atoms with Crippen LogP contribution in [0.2, 0.25) is 0 Å². The first-order valence-corrected chi connectivity index (χ1v) is 6.93. The average Bonchev–Trinajstić information content (AvgIpc) is 2.46. The Morgan fingerprint density at radius 2 is 2.35 bits per heavy atom. The molecule has 110 valence electrons. The Hall–Kier alpha value is -1.33. The molecule has 1 aliphatic heterocycles. The molecule has 0 bridgehead atoms. The minimum Gasteiger partial charge on any atom is -0.496 e. The van der Waals surface area contributed by atoms with Gasteiger partial charge in [-0.2, -0.15) is 0 Å². The van der Waals surface area contributed by atoms with Crippen LogP contribution >= 0.6 is 11.6 Å². The number of alkyl halides is 1. The molecule has 1 aromatic rings. The van der Waals surface area contributed by atoms with Gasteiger partial charge in [0.05, 0.1) is 31.7 Å². The molecule has 0 spiro atoms. The lowest BCUT2D eigenvalue weighted by molar-refractivity contribution is -0.0374. The molecule has 0 aromatic heterocycles. The van der Waals surface area contributed by atoms with Gasteiger partial charge in [0.1, 0.15) is 17.1 Å². The van der Waals surface area contributed by atoms with Crippen molar-refractivity contribution in [3.8, 4) is 5.75 Å². The molecule has 1 fully saturated rings. The summed E-state index contributed by atoms with van der Waals surface area (Å²) in [7, 11) is 1.41. The van der Waals surface area contributed by atoms with Crippen molar-refractivity contribution >= 4 is 17.5 Å². The molecule has 4 nitrogen and oxygen atoms in total. The summed E-state index contributed by atoms with van der Waals surface area (Å²) in [6.45, 7) is 2.59.